The smallest absolute Gasteiger partial charge is 0.305 e. The third-order valence-corrected chi connectivity index (χ3v) is 4.40. The van der Waals surface area contributed by atoms with E-state index in [1.54, 1.807) is 0 Å². The number of carbonyl (C=O) groups is 1. The first-order valence-electron chi connectivity index (χ1n) is 8.10. The summed E-state index contributed by atoms with van der Waals surface area (Å²) in [6, 6.07) is 1.74. The van der Waals surface area contributed by atoms with Crippen molar-refractivity contribution in [2.75, 3.05) is 5.32 Å². The second-order valence-corrected chi connectivity index (χ2v) is 7.17. The molecule has 35 heavy (non-hydrogen) atoms. The van der Waals surface area contributed by atoms with Crippen LogP contribution in [-0.4, -0.2) is 57.7 Å². The maximum absolute atomic E-state index is 13.8. The number of nitrogens with one attached hydrogen (secondary N) is 1. The maximum atomic E-state index is 13.8. The standard InChI is InChI=1S/C15H7ClF16N2O/c1-5-2-3-33-6(4-5)34-7(35)8(17,18)9(19,20)10(21,22)11(23,24)12(25,26)13(27,28)14(29,30)15(16,31)32/h2-4H,1H3,(H,33,34,35). The SMILES string of the molecule is Cc1ccnc(NC(=O)C(F)(F)C(F)(F)C(F)(F)C(F)(F)C(F)(F)C(F)(F)C(F)(F)C(F)(F)Cl)c1. The monoisotopic (exact) mass is 570 g/mol. The van der Waals surface area contributed by atoms with Crippen molar-refractivity contribution in [1.29, 1.82) is 0 Å². The molecule has 0 aliphatic rings. The lowest BCUT2D eigenvalue weighted by Gasteiger charge is -2.42. The highest BCUT2D eigenvalue weighted by Gasteiger charge is 2.95. The van der Waals surface area contributed by atoms with Crippen LogP contribution in [0.5, 0.6) is 0 Å². The lowest BCUT2D eigenvalue weighted by molar-refractivity contribution is -0.445. The second-order valence-electron chi connectivity index (χ2n) is 6.69. The molecule has 1 amide bonds. The summed E-state index contributed by atoms with van der Waals surface area (Å²) in [5.74, 6) is -61.8. The number of anilines is 1. The Hall–Kier alpha value is -2.21. The Kier molecular flexibility index (Phi) is 7.42. The van der Waals surface area contributed by atoms with Gasteiger partial charge in [0.2, 0.25) is 0 Å². The van der Waals surface area contributed by atoms with Crippen LogP contribution in [0, 0.1) is 6.92 Å². The number of hydrogen-bond donors (Lipinski definition) is 1. The van der Waals surface area contributed by atoms with Gasteiger partial charge in [0.25, 0.3) is 0 Å². The topological polar surface area (TPSA) is 42.0 Å². The average Bonchev–Trinajstić information content (AvgIpc) is 2.66. The molecule has 20 heteroatoms. The van der Waals surface area contributed by atoms with Crippen LogP contribution in [0.3, 0.4) is 0 Å². The Bertz CT molecular complexity index is 959. The molecule has 0 aromatic carbocycles. The lowest BCUT2D eigenvalue weighted by atomic mass is 9.89. The highest BCUT2D eigenvalue weighted by molar-refractivity contribution is 6.22. The van der Waals surface area contributed by atoms with Gasteiger partial charge in [0.05, 0.1) is 0 Å². The van der Waals surface area contributed by atoms with Gasteiger partial charge < -0.3 is 5.32 Å². The maximum Gasteiger partial charge on any atom is 0.393 e. The average molecular weight is 571 g/mol. The quantitative estimate of drug-likeness (QED) is 0.268. The van der Waals surface area contributed by atoms with Gasteiger partial charge in [-0.25, -0.2) is 4.98 Å². The highest BCUT2D eigenvalue weighted by atomic mass is 35.5. The minimum atomic E-state index is -8.64. The molecular weight excluding hydrogens is 564 g/mol. The molecule has 1 rings (SSSR count). The summed E-state index contributed by atoms with van der Waals surface area (Å²) in [7, 11) is 0. The van der Waals surface area contributed by atoms with Crippen LogP contribution >= 0.6 is 11.6 Å². The van der Waals surface area contributed by atoms with Gasteiger partial charge in [-0.15, -0.1) is 0 Å². The molecule has 0 saturated heterocycles. The van der Waals surface area contributed by atoms with Gasteiger partial charge in [0, 0.05) is 6.20 Å². The second kappa shape index (κ2) is 8.43. The van der Waals surface area contributed by atoms with Crippen LogP contribution in [-0.2, 0) is 4.79 Å². The zero-order valence-corrected chi connectivity index (χ0v) is 16.8. The Morgan fingerprint density at radius 3 is 1.46 bits per heavy atom. The summed E-state index contributed by atoms with van der Waals surface area (Å²) in [6.07, 6.45) is 0.722. The molecular formula is C15H7ClF16N2O. The molecule has 0 bridgehead atoms. The van der Waals surface area contributed by atoms with Gasteiger partial charge in [-0.05, 0) is 36.2 Å². The molecule has 1 N–H and O–H groups in total. The normalized spacial score (nSPS) is 15.3. The van der Waals surface area contributed by atoms with E-state index in [0.717, 1.165) is 17.6 Å². The number of aryl methyl sites for hydroxylation is 1. The molecule has 0 spiro atoms. The molecule has 0 atom stereocenters. The van der Waals surface area contributed by atoms with E-state index in [9.17, 15) is 75.0 Å². The van der Waals surface area contributed by atoms with Gasteiger partial charge in [0.15, 0.2) is 0 Å². The number of rotatable bonds is 9. The van der Waals surface area contributed by atoms with Crippen LogP contribution in [0.2, 0.25) is 0 Å². The fraction of sp³-hybridized carbons (Fsp3) is 0.600. The number of amides is 1. The molecule has 0 aliphatic carbocycles. The summed E-state index contributed by atoms with van der Waals surface area (Å²) >= 11 is 3.42. The Morgan fingerprint density at radius 1 is 0.714 bits per heavy atom. The van der Waals surface area contributed by atoms with E-state index in [1.807, 2.05) is 0 Å². The number of nitrogens with zero attached hydrogens (tertiary/aromatic N) is 1. The van der Waals surface area contributed by atoms with Gasteiger partial charge in [-0.1, -0.05) is 0 Å². The van der Waals surface area contributed by atoms with E-state index in [1.165, 1.54) is 6.92 Å². The van der Waals surface area contributed by atoms with E-state index in [2.05, 4.69) is 16.6 Å². The third kappa shape index (κ3) is 4.32. The summed E-state index contributed by atoms with van der Waals surface area (Å²) in [6.45, 7) is 1.18. The van der Waals surface area contributed by atoms with E-state index < -0.39 is 58.6 Å². The zero-order chi connectivity index (χ0) is 28.3. The molecule has 3 nitrogen and oxygen atoms in total. The molecule has 0 fully saturated rings. The Balaban J connectivity index is 3.58. The van der Waals surface area contributed by atoms with Crippen LogP contribution in [0.25, 0.3) is 0 Å². The van der Waals surface area contributed by atoms with E-state index in [4.69, 9.17) is 0 Å². The van der Waals surface area contributed by atoms with E-state index >= 15 is 0 Å². The lowest BCUT2D eigenvalue weighted by Crippen LogP contribution is -2.75. The highest BCUT2D eigenvalue weighted by Crippen LogP contribution is 2.64. The summed E-state index contributed by atoms with van der Waals surface area (Å²) in [5.41, 5.74) is 0.0566. The van der Waals surface area contributed by atoms with Gasteiger partial charge in [0.1, 0.15) is 5.82 Å². The van der Waals surface area contributed by atoms with E-state index in [0.29, 0.717) is 6.07 Å². The van der Waals surface area contributed by atoms with Crippen molar-refractivity contribution in [2.24, 2.45) is 0 Å². The fourth-order valence-electron chi connectivity index (χ4n) is 2.11. The van der Waals surface area contributed by atoms with Crippen molar-refractivity contribution in [2.45, 2.75) is 53.8 Å². The zero-order valence-electron chi connectivity index (χ0n) is 16.0. The predicted octanol–water partition coefficient (Wildman–Crippen LogP) is 6.61. The number of pyridine rings is 1. The fourth-order valence-corrected chi connectivity index (χ4v) is 2.22. The summed E-state index contributed by atoms with van der Waals surface area (Å²) in [5, 5.41) is -6.13. The number of halogens is 17. The first kappa shape index (κ1) is 30.8. The van der Waals surface area contributed by atoms with Crippen LogP contribution in [0.1, 0.15) is 5.56 Å². The third-order valence-electron chi connectivity index (χ3n) is 4.16. The Morgan fingerprint density at radius 2 is 1.09 bits per heavy atom. The number of alkyl halides is 17. The van der Waals surface area contributed by atoms with Gasteiger partial charge in [-0.3, -0.25) is 4.79 Å². The van der Waals surface area contributed by atoms with Crippen LogP contribution in [0.4, 0.5) is 76.1 Å². The van der Waals surface area contributed by atoms with Crippen LogP contribution < -0.4 is 5.32 Å². The number of hydrogen-bond acceptors (Lipinski definition) is 2. The summed E-state index contributed by atoms with van der Waals surface area (Å²) < 4.78 is 214. The first-order valence-corrected chi connectivity index (χ1v) is 8.48. The molecule has 1 aromatic rings. The minimum Gasteiger partial charge on any atom is -0.305 e. The van der Waals surface area contributed by atoms with Crippen molar-refractivity contribution >= 4 is 23.3 Å². The number of carbonyl (C=O) groups excluding carboxylic acids is 1. The van der Waals surface area contributed by atoms with Crippen molar-refractivity contribution in [3.05, 3.63) is 23.9 Å². The van der Waals surface area contributed by atoms with Gasteiger partial charge in [-0.2, -0.15) is 70.2 Å². The first-order chi connectivity index (χ1) is 15.1. The van der Waals surface area contributed by atoms with Crippen molar-refractivity contribution in [1.82, 2.24) is 4.98 Å². The Labute approximate surface area is 187 Å². The van der Waals surface area contributed by atoms with Crippen molar-refractivity contribution < 1.29 is 75.0 Å². The molecule has 0 unspecified atom stereocenters. The molecule has 1 aromatic heterocycles. The van der Waals surface area contributed by atoms with Crippen molar-refractivity contribution in [3.8, 4) is 0 Å². The van der Waals surface area contributed by atoms with E-state index in [-0.39, 0.29) is 5.56 Å². The molecule has 0 radical (unpaired) electrons. The summed E-state index contributed by atoms with van der Waals surface area (Å²) in [4.78, 5) is 14.4. The largest absolute Gasteiger partial charge is 0.393 e. The van der Waals surface area contributed by atoms with Crippen molar-refractivity contribution in [3.63, 3.8) is 0 Å². The minimum absolute atomic E-state index is 0.0566. The van der Waals surface area contributed by atoms with Gasteiger partial charge >= 0.3 is 52.7 Å². The molecule has 202 valence electrons. The molecule has 1 heterocycles. The molecule has 0 saturated carbocycles. The van der Waals surface area contributed by atoms with Crippen LogP contribution in [0.15, 0.2) is 18.3 Å². The predicted molar refractivity (Wildman–Crippen MR) is 83.0 cm³/mol. The molecule has 0 aliphatic heterocycles. The number of aromatic nitrogens is 1.